The third kappa shape index (κ3) is 3.51. The average molecular weight is 349 g/mol. The summed E-state index contributed by atoms with van der Waals surface area (Å²) in [6.45, 7) is 0. The van der Waals surface area contributed by atoms with E-state index in [9.17, 15) is 0 Å². The number of nitrogens with zero attached hydrogens (tertiary/aromatic N) is 3. The van der Waals surface area contributed by atoms with Crippen molar-refractivity contribution in [2.45, 2.75) is 0 Å². The molecule has 1 N–H and O–H groups in total. The Morgan fingerprint density at radius 2 is 1.60 bits per heavy atom. The van der Waals surface area contributed by atoms with Crippen LogP contribution in [0, 0.1) is 0 Å². The molecule has 0 aliphatic rings. The van der Waals surface area contributed by atoms with Crippen LogP contribution in [0.3, 0.4) is 0 Å². The second kappa shape index (κ2) is 6.75. The Bertz CT molecular complexity index is 1010. The van der Waals surface area contributed by atoms with Gasteiger partial charge in [0.25, 0.3) is 0 Å². The van der Waals surface area contributed by atoms with Gasteiger partial charge in [0, 0.05) is 11.1 Å². The fourth-order valence-electron chi connectivity index (χ4n) is 2.40. The molecule has 25 heavy (non-hydrogen) atoms. The van der Waals surface area contributed by atoms with E-state index in [-0.39, 0.29) is 0 Å². The molecule has 0 radical (unpaired) electrons. The Hall–Kier alpha value is -3.18. The van der Waals surface area contributed by atoms with E-state index < -0.39 is 0 Å². The van der Waals surface area contributed by atoms with Crippen LogP contribution in [0.4, 0.5) is 11.5 Å². The standard InChI is InChI=1S/C19H13ClN4O/c20-18-10-16-17(11-21-18)22-12-23-19(16)24-13-6-8-15(9-7-13)25-14-4-2-1-3-5-14/h1-12H,(H,22,23,24). The number of hydrogen-bond donors (Lipinski definition) is 1. The van der Waals surface area contributed by atoms with E-state index in [0.717, 1.165) is 28.1 Å². The first-order valence-electron chi connectivity index (χ1n) is 7.64. The Balaban J connectivity index is 1.56. The zero-order chi connectivity index (χ0) is 17.1. The second-order valence-corrected chi connectivity index (χ2v) is 5.70. The third-order valence-corrected chi connectivity index (χ3v) is 3.79. The van der Waals surface area contributed by atoms with Crippen molar-refractivity contribution < 1.29 is 4.74 Å². The van der Waals surface area contributed by atoms with Crippen LogP contribution in [-0.4, -0.2) is 15.0 Å². The number of pyridine rings is 1. The van der Waals surface area contributed by atoms with Crippen LogP contribution in [0.15, 0.2) is 73.2 Å². The van der Waals surface area contributed by atoms with Gasteiger partial charge in [-0.15, -0.1) is 0 Å². The van der Waals surface area contributed by atoms with Crippen molar-refractivity contribution in [2.24, 2.45) is 0 Å². The highest BCUT2D eigenvalue weighted by Crippen LogP contribution is 2.27. The van der Waals surface area contributed by atoms with E-state index in [1.54, 1.807) is 12.3 Å². The number of nitrogens with one attached hydrogen (secondary N) is 1. The summed E-state index contributed by atoms with van der Waals surface area (Å²) in [6, 6.07) is 19.0. The first-order valence-corrected chi connectivity index (χ1v) is 8.02. The molecule has 4 rings (SSSR count). The Labute approximate surface area is 149 Å². The molecular weight excluding hydrogens is 336 g/mol. The van der Waals surface area contributed by atoms with Gasteiger partial charge in [0.2, 0.25) is 0 Å². The molecule has 0 atom stereocenters. The molecule has 2 aromatic heterocycles. The highest BCUT2D eigenvalue weighted by Gasteiger charge is 2.06. The molecule has 0 amide bonds. The van der Waals surface area contributed by atoms with E-state index in [4.69, 9.17) is 16.3 Å². The number of ether oxygens (including phenoxy) is 1. The van der Waals surface area contributed by atoms with Gasteiger partial charge in [0.1, 0.15) is 28.8 Å². The summed E-state index contributed by atoms with van der Waals surface area (Å²) in [6.07, 6.45) is 3.12. The molecule has 0 aliphatic heterocycles. The van der Waals surface area contributed by atoms with Crippen molar-refractivity contribution in [1.82, 2.24) is 15.0 Å². The van der Waals surface area contributed by atoms with Crippen molar-refractivity contribution in [2.75, 3.05) is 5.32 Å². The number of benzene rings is 2. The van der Waals surface area contributed by atoms with Gasteiger partial charge in [-0.1, -0.05) is 29.8 Å². The van der Waals surface area contributed by atoms with E-state index in [1.165, 1.54) is 6.33 Å². The topological polar surface area (TPSA) is 59.9 Å². The minimum Gasteiger partial charge on any atom is -0.457 e. The van der Waals surface area contributed by atoms with Gasteiger partial charge in [-0.05, 0) is 42.5 Å². The van der Waals surface area contributed by atoms with Crippen LogP contribution in [0.5, 0.6) is 11.5 Å². The molecule has 0 saturated heterocycles. The molecular formula is C19H13ClN4O. The molecule has 6 heteroatoms. The average Bonchev–Trinajstić information content (AvgIpc) is 2.65. The smallest absolute Gasteiger partial charge is 0.141 e. The first kappa shape index (κ1) is 15.4. The van der Waals surface area contributed by atoms with Gasteiger partial charge in [0.15, 0.2) is 0 Å². The molecule has 0 aliphatic carbocycles. The zero-order valence-corrected chi connectivity index (χ0v) is 13.8. The lowest BCUT2D eigenvalue weighted by molar-refractivity contribution is 0.483. The van der Waals surface area contributed by atoms with Gasteiger partial charge in [-0.25, -0.2) is 15.0 Å². The fraction of sp³-hybridized carbons (Fsp3) is 0. The predicted octanol–water partition coefficient (Wildman–Crippen LogP) is 5.21. The zero-order valence-electron chi connectivity index (χ0n) is 13.1. The number of hydrogen-bond acceptors (Lipinski definition) is 5. The number of aromatic nitrogens is 3. The van der Waals surface area contributed by atoms with Crippen molar-refractivity contribution in [3.63, 3.8) is 0 Å². The number of rotatable bonds is 4. The molecule has 0 unspecified atom stereocenters. The summed E-state index contributed by atoms with van der Waals surface area (Å²) in [4.78, 5) is 12.5. The minimum absolute atomic E-state index is 0.400. The van der Waals surface area contributed by atoms with E-state index in [2.05, 4.69) is 20.3 Å². The Morgan fingerprint density at radius 1 is 0.840 bits per heavy atom. The molecule has 5 nitrogen and oxygen atoms in total. The van der Waals surface area contributed by atoms with Crippen molar-refractivity contribution >= 4 is 34.0 Å². The van der Waals surface area contributed by atoms with Gasteiger partial charge in [-0.2, -0.15) is 0 Å². The number of fused-ring (bicyclic) bond motifs is 1. The molecule has 0 saturated carbocycles. The van der Waals surface area contributed by atoms with Crippen molar-refractivity contribution in [1.29, 1.82) is 0 Å². The summed E-state index contributed by atoms with van der Waals surface area (Å²) in [5.74, 6) is 2.23. The third-order valence-electron chi connectivity index (χ3n) is 3.58. The number of halogens is 1. The fourth-order valence-corrected chi connectivity index (χ4v) is 2.56. The number of anilines is 2. The number of para-hydroxylation sites is 1. The quantitative estimate of drug-likeness (QED) is 0.513. The summed E-state index contributed by atoms with van der Waals surface area (Å²) in [5, 5.41) is 4.48. The Kier molecular flexibility index (Phi) is 4.14. The largest absolute Gasteiger partial charge is 0.457 e. The highest BCUT2D eigenvalue weighted by atomic mass is 35.5. The molecule has 2 heterocycles. The van der Waals surface area contributed by atoms with Crippen LogP contribution in [-0.2, 0) is 0 Å². The molecule has 4 aromatic rings. The molecule has 0 fully saturated rings. The van der Waals surface area contributed by atoms with Gasteiger partial charge in [0.05, 0.1) is 11.7 Å². The highest BCUT2D eigenvalue weighted by molar-refractivity contribution is 6.30. The predicted molar refractivity (Wildman–Crippen MR) is 98.6 cm³/mol. The summed E-state index contributed by atoms with van der Waals surface area (Å²) in [5.41, 5.74) is 1.61. The lowest BCUT2D eigenvalue weighted by Gasteiger charge is -2.10. The molecule has 122 valence electrons. The van der Waals surface area contributed by atoms with E-state index in [0.29, 0.717) is 11.0 Å². The minimum atomic E-state index is 0.400. The first-order chi connectivity index (χ1) is 12.3. The maximum absolute atomic E-state index is 5.98. The van der Waals surface area contributed by atoms with Crippen molar-refractivity contribution in [3.8, 4) is 11.5 Å². The van der Waals surface area contributed by atoms with Gasteiger partial charge < -0.3 is 10.1 Å². The Morgan fingerprint density at radius 3 is 2.40 bits per heavy atom. The lowest BCUT2D eigenvalue weighted by Crippen LogP contribution is -1.96. The lowest BCUT2D eigenvalue weighted by atomic mass is 10.2. The van der Waals surface area contributed by atoms with Gasteiger partial charge >= 0.3 is 0 Å². The van der Waals surface area contributed by atoms with Gasteiger partial charge in [-0.3, -0.25) is 0 Å². The van der Waals surface area contributed by atoms with Crippen LogP contribution < -0.4 is 10.1 Å². The maximum Gasteiger partial charge on any atom is 0.141 e. The monoisotopic (exact) mass is 348 g/mol. The molecule has 0 spiro atoms. The van der Waals surface area contributed by atoms with Crippen molar-refractivity contribution in [3.05, 3.63) is 78.3 Å². The van der Waals surface area contributed by atoms with Crippen LogP contribution in [0.1, 0.15) is 0 Å². The summed E-state index contributed by atoms with van der Waals surface area (Å²) in [7, 11) is 0. The normalized spacial score (nSPS) is 10.6. The van der Waals surface area contributed by atoms with E-state index in [1.807, 2.05) is 54.6 Å². The SMILES string of the molecule is Clc1cc2c(Nc3ccc(Oc4ccccc4)cc3)ncnc2cn1. The summed E-state index contributed by atoms with van der Waals surface area (Å²) >= 11 is 5.98. The summed E-state index contributed by atoms with van der Waals surface area (Å²) < 4.78 is 5.79. The van der Waals surface area contributed by atoms with Crippen LogP contribution >= 0.6 is 11.6 Å². The second-order valence-electron chi connectivity index (χ2n) is 5.31. The molecule has 0 bridgehead atoms. The van der Waals surface area contributed by atoms with Crippen LogP contribution in [0.2, 0.25) is 5.15 Å². The maximum atomic E-state index is 5.98. The van der Waals surface area contributed by atoms with Crippen LogP contribution in [0.25, 0.3) is 10.9 Å². The van der Waals surface area contributed by atoms with E-state index >= 15 is 0 Å². The molecule has 2 aromatic carbocycles.